The Kier molecular flexibility index (Phi) is 3.83. The van der Waals surface area contributed by atoms with Gasteiger partial charge in [0.05, 0.1) is 4.92 Å². The van der Waals surface area contributed by atoms with Crippen LogP contribution in [0.1, 0.15) is 5.56 Å². The molecule has 0 N–H and O–H groups in total. The van der Waals surface area contributed by atoms with Crippen molar-refractivity contribution < 1.29 is 4.92 Å². The minimum atomic E-state index is -0.388. The van der Waals surface area contributed by atoms with Crippen LogP contribution in [0.3, 0.4) is 0 Å². The first kappa shape index (κ1) is 13.6. The van der Waals surface area contributed by atoms with Crippen LogP contribution in [-0.2, 0) is 5.75 Å². The first-order valence-electron chi connectivity index (χ1n) is 6.44. The molecule has 0 saturated heterocycles. The Labute approximate surface area is 126 Å². The van der Waals surface area contributed by atoms with Crippen LogP contribution in [0.5, 0.6) is 0 Å². The van der Waals surface area contributed by atoms with Crippen molar-refractivity contribution in [2.24, 2.45) is 0 Å². The number of nitrogens with zero attached hydrogens (tertiary/aromatic N) is 2. The van der Waals surface area contributed by atoms with E-state index in [0.29, 0.717) is 5.52 Å². The molecule has 0 unspecified atom stereocenters. The second-order valence-corrected chi connectivity index (χ2v) is 5.53. The number of non-ortho nitro benzene ring substituents is 1. The highest BCUT2D eigenvalue weighted by atomic mass is 32.2. The summed E-state index contributed by atoms with van der Waals surface area (Å²) in [6.45, 7) is 0. The van der Waals surface area contributed by atoms with E-state index < -0.39 is 0 Å². The summed E-state index contributed by atoms with van der Waals surface area (Å²) >= 11 is 1.66. The van der Waals surface area contributed by atoms with Gasteiger partial charge in [0.2, 0.25) is 0 Å². The first-order chi connectivity index (χ1) is 10.3. The maximum Gasteiger partial charge on any atom is 0.295 e. The third-order valence-corrected chi connectivity index (χ3v) is 4.29. The van der Waals surface area contributed by atoms with Crippen LogP contribution in [0.25, 0.3) is 10.9 Å². The normalized spacial score (nSPS) is 10.7. The van der Waals surface area contributed by atoms with Gasteiger partial charge in [-0.3, -0.25) is 10.1 Å². The van der Waals surface area contributed by atoms with E-state index in [1.165, 1.54) is 11.6 Å². The number of fused-ring (bicyclic) bond motifs is 1. The lowest BCUT2D eigenvalue weighted by atomic mass is 10.2. The van der Waals surface area contributed by atoms with E-state index in [-0.39, 0.29) is 10.6 Å². The van der Waals surface area contributed by atoms with Crippen LogP contribution in [0.15, 0.2) is 65.7 Å². The number of hydrogen-bond donors (Lipinski definition) is 0. The molecule has 3 aromatic rings. The Hall–Kier alpha value is -2.40. The summed E-state index contributed by atoms with van der Waals surface area (Å²) in [6, 6.07) is 17.1. The van der Waals surface area contributed by atoms with Crippen molar-refractivity contribution in [1.29, 1.82) is 0 Å². The molecular weight excluding hydrogens is 284 g/mol. The van der Waals surface area contributed by atoms with E-state index in [9.17, 15) is 10.1 Å². The molecule has 1 heterocycles. The molecular formula is C16H12N2O2S. The Morgan fingerprint density at radius 2 is 1.86 bits per heavy atom. The molecule has 0 aliphatic carbocycles. The number of pyridine rings is 1. The highest BCUT2D eigenvalue weighted by Gasteiger charge is 2.14. The average Bonchev–Trinajstić information content (AvgIpc) is 2.53. The predicted octanol–water partition coefficient (Wildman–Crippen LogP) is 4.44. The molecule has 5 heteroatoms. The largest absolute Gasteiger partial charge is 0.295 e. The van der Waals surface area contributed by atoms with Crippen LogP contribution in [-0.4, -0.2) is 9.91 Å². The molecule has 0 aliphatic rings. The van der Waals surface area contributed by atoms with Crippen molar-refractivity contribution in [3.8, 4) is 0 Å². The van der Waals surface area contributed by atoms with Crippen molar-refractivity contribution in [3.05, 3.63) is 76.5 Å². The number of nitro benzene ring substituents is 1. The molecule has 0 fully saturated rings. The van der Waals surface area contributed by atoms with E-state index in [4.69, 9.17) is 0 Å². The summed E-state index contributed by atoms with van der Waals surface area (Å²) in [5.74, 6) is 0.822. The second kappa shape index (κ2) is 5.93. The van der Waals surface area contributed by atoms with Crippen molar-refractivity contribution in [3.63, 3.8) is 0 Å². The second-order valence-electron chi connectivity index (χ2n) is 4.51. The van der Waals surface area contributed by atoms with Gasteiger partial charge in [0.1, 0.15) is 5.52 Å². The number of thioether (sulfide) groups is 1. The van der Waals surface area contributed by atoms with Crippen molar-refractivity contribution in [2.75, 3.05) is 0 Å². The zero-order valence-corrected chi connectivity index (χ0v) is 11.9. The topological polar surface area (TPSA) is 56.0 Å². The summed E-state index contributed by atoms with van der Waals surface area (Å²) in [6.07, 6.45) is 1.63. The number of para-hydroxylation sites is 1. The molecule has 1 aromatic heterocycles. The van der Waals surface area contributed by atoms with Crippen molar-refractivity contribution in [2.45, 2.75) is 10.6 Å². The number of benzene rings is 2. The molecule has 0 saturated carbocycles. The Morgan fingerprint density at radius 1 is 1.05 bits per heavy atom. The molecule has 0 radical (unpaired) electrons. The van der Waals surface area contributed by atoms with E-state index in [2.05, 4.69) is 17.1 Å². The number of hydrogen-bond acceptors (Lipinski definition) is 4. The monoisotopic (exact) mass is 296 g/mol. The Balaban J connectivity index is 1.96. The van der Waals surface area contributed by atoms with Crippen LogP contribution >= 0.6 is 11.8 Å². The van der Waals surface area contributed by atoms with Crippen LogP contribution in [0.2, 0.25) is 0 Å². The highest BCUT2D eigenvalue weighted by Crippen LogP contribution is 2.32. The molecule has 4 nitrogen and oxygen atoms in total. The fourth-order valence-electron chi connectivity index (χ4n) is 2.14. The van der Waals surface area contributed by atoms with Gasteiger partial charge < -0.3 is 0 Å². The van der Waals surface area contributed by atoms with Crippen LogP contribution in [0, 0.1) is 10.1 Å². The van der Waals surface area contributed by atoms with Gasteiger partial charge in [-0.1, -0.05) is 42.5 Å². The molecule has 0 aliphatic heterocycles. The van der Waals surface area contributed by atoms with Gasteiger partial charge in [0, 0.05) is 28.3 Å². The standard InChI is InChI=1S/C16H12N2O2S/c19-18(20)14-8-4-7-13-15(9-10-17-16(13)14)21-11-12-5-2-1-3-6-12/h1-10H,11H2. The molecule has 0 atom stereocenters. The van der Waals surface area contributed by atoms with Gasteiger partial charge in [0.25, 0.3) is 5.69 Å². The van der Waals surface area contributed by atoms with Crippen molar-refractivity contribution >= 4 is 28.4 Å². The quantitative estimate of drug-likeness (QED) is 0.406. The van der Waals surface area contributed by atoms with Crippen LogP contribution < -0.4 is 0 Å². The molecule has 0 spiro atoms. The predicted molar refractivity (Wildman–Crippen MR) is 84.4 cm³/mol. The van der Waals surface area contributed by atoms with E-state index in [1.54, 1.807) is 24.0 Å². The zero-order chi connectivity index (χ0) is 14.7. The maximum atomic E-state index is 11.1. The molecule has 21 heavy (non-hydrogen) atoms. The minimum absolute atomic E-state index is 0.0506. The lowest BCUT2D eigenvalue weighted by Gasteiger charge is -2.06. The fraction of sp³-hybridized carbons (Fsp3) is 0.0625. The smallest absolute Gasteiger partial charge is 0.258 e. The minimum Gasteiger partial charge on any atom is -0.258 e. The number of nitro groups is 1. The lowest BCUT2D eigenvalue weighted by Crippen LogP contribution is -1.92. The van der Waals surface area contributed by atoms with Crippen molar-refractivity contribution in [1.82, 2.24) is 4.98 Å². The molecule has 0 amide bonds. The fourth-order valence-corrected chi connectivity index (χ4v) is 3.14. The number of rotatable bonds is 4. The Morgan fingerprint density at radius 3 is 2.62 bits per heavy atom. The van der Waals surface area contributed by atoms with Gasteiger partial charge in [-0.25, -0.2) is 4.98 Å². The maximum absolute atomic E-state index is 11.1. The third-order valence-electron chi connectivity index (χ3n) is 3.14. The lowest BCUT2D eigenvalue weighted by molar-refractivity contribution is -0.383. The van der Waals surface area contributed by atoms with E-state index >= 15 is 0 Å². The third kappa shape index (κ3) is 2.87. The van der Waals surface area contributed by atoms with Gasteiger partial charge >= 0.3 is 0 Å². The molecule has 3 rings (SSSR count). The van der Waals surface area contributed by atoms with Crippen LogP contribution in [0.4, 0.5) is 5.69 Å². The van der Waals surface area contributed by atoms with Gasteiger partial charge in [-0.2, -0.15) is 0 Å². The summed E-state index contributed by atoms with van der Waals surface area (Å²) < 4.78 is 0. The SMILES string of the molecule is O=[N+]([O-])c1cccc2c(SCc3ccccc3)ccnc12. The summed E-state index contributed by atoms with van der Waals surface area (Å²) in [4.78, 5) is 15.8. The van der Waals surface area contributed by atoms with E-state index in [0.717, 1.165) is 16.0 Å². The Bertz CT molecular complexity index is 791. The van der Waals surface area contributed by atoms with E-state index in [1.807, 2.05) is 30.3 Å². The summed E-state index contributed by atoms with van der Waals surface area (Å²) in [5.41, 5.74) is 1.72. The first-order valence-corrected chi connectivity index (χ1v) is 7.43. The van der Waals surface area contributed by atoms with Gasteiger partial charge in [-0.15, -0.1) is 11.8 Å². The molecule has 104 valence electrons. The summed E-state index contributed by atoms with van der Waals surface area (Å²) in [7, 11) is 0. The zero-order valence-electron chi connectivity index (χ0n) is 11.1. The highest BCUT2D eigenvalue weighted by molar-refractivity contribution is 7.98. The molecule has 2 aromatic carbocycles. The molecule has 0 bridgehead atoms. The van der Waals surface area contributed by atoms with Gasteiger partial charge in [-0.05, 0) is 11.6 Å². The average molecular weight is 296 g/mol. The summed E-state index contributed by atoms with van der Waals surface area (Å²) in [5, 5.41) is 11.9. The number of aromatic nitrogens is 1. The van der Waals surface area contributed by atoms with Gasteiger partial charge in [0.15, 0.2) is 0 Å².